The van der Waals surface area contributed by atoms with E-state index < -0.39 is 0 Å². The molecule has 0 saturated heterocycles. The molecule has 1 aliphatic rings. The van der Waals surface area contributed by atoms with Crippen molar-refractivity contribution in [2.24, 2.45) is 5.41 Å². The zero-order chi connectivity index (χ0) is 15.0. The molecule has 0 bridgehead atoms. The fourth-order valence-corrected chi connectivity index (χ4v) is 3.23. The van der Waals surface area contributed by atoms with Crippen LogP contribution in [0.4, 0.5) is 5.82 Å². The number of anilines is 1. The Morgan fingerprint density at radius 1 is 1.33 bits per heavy atom. The van der Waals surface area contributed by atoms with E-state index in [4.69, 9.17) is 5.73 Å². The van der Waals surface area contributed by atoms with E-state index in [0.717, 1.165) is 23.6 Å². The average molecular weight is 283 g/mol. The zero-order valence-corrected chi connectivity index (χ0v) is 12.5. The number of aromatic nitrogens is 1. The van der Waals surface area contributed by atoms with Crippen LogP contribution in [0.3, 0.4) is 0 Å². The summed E-state index contributed by atoms with van der Waals surface area (Å²) in [5.74, 6) is 0.405. The number of hydrogen-bond donors (Lipinski definition) is 2. The summed E-state index contributed by atoms with van der Waals surface area (Å²) in [5.41, 5.74) is 6.65. The lowest BCUT2D eigenvalue weighted by Crippen LogP contribution is -2.41. The van der Waals surface area contributed by atoms with Gasteiger partial charge in [0.15, 0.2) is 0 Å². The van der Waals surface area contributed by atoms with Crippen LogP contribution >= 0.6 is 0 Å². The van der Waals surface area contributed by atoms with Gasteiger partial charge in [-0.15, -0.1) is 0 Å². The second-order valence-electron chi connectivity index (χ2n) is 6.51. The molecular formula is C17H21N3O. The molecule has 0 radical (unpaired) electrons. The van der Waals surface area contributed by atoms with Gasteiger partial charge in [-0.3, -0.25) is 4.79 Å². The van der Waals surface area contributed by atoms with Gasteiger partial charge in [0.2, 0.25) is 0 Å². The molecule has 110 valence electrons. The largest absolute Gasteiger partial charge is 0.383 e. The molecule has 2 aromatic rings. The van der Waals surface area contributed by atoms with E-state index in [-0.39, 0.29) is 17.4 Å². The monoisotopic (exact) mass is 283 g/mol. The lowest BCUT2D eigenvalue weighted by molar-refractivity contribution is 0.0911. The highest BCUT2D eigenvalue weighted by molar-refractivity contribution is 6.09. The first-order valence-corrected chi connectivity index (χ1v) is 7.43. The lowest BCUT2D eigenvalue weighted by atomic mass is 9.87. The number of amides is 1. The third kappa shape index (κ3) is 2.46. The first-order valence-electron chi connectivity index (χ1n) is 7.43. The number of hydrogen-bond acceptors (Lipinski definition) is 3. The van der Waals surface area contributed by atoms with Crippen LogP contribution in [0.1, 0.15) is 43.5 Å². The smallest absolute Gasteiger partial charge is 0.253 e. The maximum Gasteiger partial charge on any atom is 0.253 e. The Morgan fingerprint density at radius 2 is 2.05 bits per heavy atom. The molecule has 4 nitrogen and oxygen atoms in total. The predicted molar refractivity (Wildman–Crippen MR) is 85.0 cm³/mol. The van der Waals surface area contributed by atoms with Crippen molar-refractivity contribution in [1.29, 1.82) is 0 Å². The Bertz CT molecular complexity index is 693. The number of nitrogens with zero attached hydrogens (tertiary/aromatic N) is 1. The molecular weight excluding hydrogens is 262 g/mol. The van der Waals surface area contributed by atoms with Gasteiger partial charge in [0.25, 0.3) is 5.91 Å². The molecule has 1 heterocycles. The standard InChI is InChI=1S/C17H21N3O/c1-17(2)9-5-8-14(17)20-16(21)13-10-19-15(18)12-7-4-3-6-11(12)13/h3-4,6-7,10,14H,5,8-9H2,1-2H3,(H2,18,19)(H,20,21). The summed E-state index contributed by atoms with van der Waals surface area (Å²) in [7, 11) is 0. The van der Waals surface area contributed by atoms with Gasteiger partial charge in [0.1, 0.15) is 5.82 Å². The Hall–Kier alpha value is -2.10. The van der Waals surface area contributed by atoms with Crippen molar-refractivity contribution in [3.05, 3.63) is 36.0 Å². The first-order chi connectivity index (χ1) is 9.99. The highest BCUT2D eigenvalue weighted by Crippen LogP contribution is 2.37. The van der Waals surface area contributed by atoms with Crippen molar-refractivity contribution >= 4 is 22.5 Å². The minimum Gasteiger partial charge on any atom is -0.383 e. The summed E-state index contributed by atoms with van der Waals surface area (Å²) in [4.78, 5) is 16.8. The van der Waals surface area contributed by atoms with Crippen LogP contribution in [0.25, 0.3) is 10.8 Å². The Labute approximate surface area is 124 Å². The number of carbonyl (C=O) groups is 1. The average Bonchev–Trinajstić information content (AvgIpc) is 2.78. The molecule has 3 rings (SSSR count). The van der Waals surface area contributed by atoms with Crippen molar-refractivity contribution < 1.29 is 4.79 Å². The molecule has 1 amide bonds. The van der Waals surface area contributed by atoms with Crippen LogP contribution in [0.5, 0.6) is 0 Å². The SMILES string of the molecule is CC1(C)CCCC1NC(=O)c1cnc(N)c2ccccc12. The third-order valence-corrected chi connectivity index (χ3v) is 4.63. The van der Waals surface area contributed by atoms with Crippen molar-refractivity contribution in [3.63, 3.8) is 0 Å². The van der Waals surface area contributed by atoms with Crippen LogP contribution in [-0.2, 0) is 0 Å². The molecule has 1 aliphatic carbocycles. The summed E-state index contributed by atoms with van der Waals surface area (Å²) in [6, 6.07) is 7.86. The number of pyridine rings is 1. The molecule has 3 N–H and O–H groups in total. The van der Waals surface area contributed by atoms with Gasteiger partial charge >= 0.3 is 0 Å². The molecule has 1 fully saturated rings. The summed E-state index contributed by atoms with van der Waals surface area (Å²) < 4.78 is 0. The van der Waals surface area contributed by atoms with E-state index in [1.807, 2.05) is 24.3 Å². The van der Waals surface area contributed by atoms with E-state index in [1.54, 1.807) is 6.20 Å². The summed E-state index contributed by atoms with van der Waals surface area (Å²) >= 11 is 0. The molecule has 1 saturated carbocycles. The zero-order valence-electron chi connectivity index (χ0n) is 12.5. The van der Waals surface area contributed by atoms with Gasteiger partial charge in [0.05, 0.1) is 5.56 Å². The maximum atomic E-state index is 12.6. The molecule has 1 aromatic heterocycles. The predicted octanol–water partition coefficient (Wildman–Crippen LogP) is 3.13. The fourth-order valence-electron chi connectivity index (χ4n) is 3.23. The first kappa shape index (κ1) is 13.9. The van der Waals surface area contributed by atoms with E-state index in [9.17, 15) is 4.79 Å². The molecule has 4 heteroatoms. The Kier molecular flexibility index (Phi) is 3.32. The van der Waals surface area contributed by atoms with Crippen LogP contribution in [-0.4, -0.2) is 16.9 Å². The quantitative estimate of drug-likeness (QED) is 0.889. The summed E-state index contributed by atoms with van der Waals surface area (Å²) in [6.07, 6.45) is 4.94. The van der Waals surface area contributed by atoms with Crippen LogP contribution in [0.15, 0.2) is 30.5 Å². The van der Waals surface area contributed by atoms with Gasteiger partial charge in [-0.1, -0.05) is 44.5 Å². The van der Waals surface area contributed by atoms with Gasteiger partial charge in [0, 0.05) is 17.6 Å². The number of rotatable bonds is 2. The molecule has 1 aromatic carbocycles. The number of carbonyl (C=O) groups excluding carboxylic acids is 1. The topological polar surface area (TPSA) is 68.0 Å². The summed E-state index contributed by atoms with van der Waals surface area (Å²) in [5, 5.41) is 4.87. The molecule has 21 heavy (non-hydrogen) atoms. The number of fused-ring (bicyclic) bond motifs is 1. The van der Waals surface area contributed by atoms with Crippen molar-refractivity contribution in [2.45, 2.75) is 39.2 Å². The lowest BCUT2D eigenvalue weighted by Gasteiger charge is -2.28. The number of benzene rings is 1. The van der Waals surface area contributed by atoms with Crippen LogP contribution in [0.2, 0.25) is 0 Å². The number of nitrogen functional groups attached to an aromatic ring is 1. The second-order valence-corrected chi connectivity index (χ2v) is 6.51. The van der Waals surface area contributed by atoms with Crippen molar-refractivity contribution in [2.75, 3.05) is 5.73 Å². The van der Waals surface area contributed by atoms with Crippen LogP contribution < -0.4 is 11.1 Å². The van der Waals surface area contributed by atoms with Crippen molar-refractivity contribution in [3.8, 4) is 0 Å². The minimum atomic E-state index is -0.0568. The van der Waals surface area contributed by atoms with E-state index in [2.05, 4.69) is 24.1 Å². The van der Waals surface area contributed by atoms with Gasteiger partial charge in [-0.05, 0) is 23.6 Å². The van der Waals surface area contributed by atoms with Crippen LogP contribution in [0, 0.1) is 5.41 Å². The number of nitrogens with one attached hydrogen (secondary N) is 1. The van der Waals surface area contributed by atoms with Gasteiger partial charge in [-0.2, -0.15) is 0 Å². The van der Waals surface area contributed by atoms with E-state index in [0.29, 0.717) is 11.4 Å². The maximum absolute atomic E-state index is 12.6. The summed E-state index contributed by atoms with van der Waals surface area (Å²) in [6.45, 7) is 4.43. The van der Waals surface area contributed by atoms with Gasteiger partial charge in [-0.25, -0.2) is 4.98 Å². The fraction of sp³-hybridized carbons (Fsp3) is 0.412. The molecule has 1 atom stereocenters. The normalized spacial score (nSPS) is 20.6. The molecule has 1 unspecified atom stereocenters. The Morgan fingerprint density at radius 3 is 2.71 bits per heavy atom. The molecule has 0 aliphatic heterocycles. The highest BCUT2D eigenvalue weighted by atomic mass is 16.1. The number of nitrogens with two attached hydrogens (primary N) is 1. The van der Waals surface area contributed by atoms with Crippen molar-refractivity contribution in [1.82, 2.24) is 10.3 Å². The van der Waals surface area contributed by atoms with E-state index in [1.165, 1.54) is 6.42 Å². The second kappa shape index (κ2) is 5.02. The van der Waals surface area contributed by atoms with E-state index >= 15 is 0 Å². The Balaban J connectivity index is 1.94. The molecule has 0 spiro atoms. The third-order valence-electron chi connectivity index (χ3n) is 4.63. The van der Waals surface area contributed by atoms with Gasteiger partial charge < -0.3 is 11.1 Å². The highest BCUT2D eigenvalue weighted by Gasteiger charge is 2.35. The minimum absolute atomic E-state index is 0.0568.